The molecule has 1 aromatic heterocycles. The molecule has 0 aliphatic carbocycles. The second-order valence-electron chi connectivity index (χ2n) is 4.07. The fraction of sp³-hybridized carbons (Fsp3) is 0.583. The number of nitrogens with zero attached hydrogens (tertiary/aromatic N) is 1. The summed E-state index contributed by atoms with van der Waals surface area (Å²) in [4.78, 5) is 3.81. The van der Waals surface area contributed by atoms with E-state index in [-0.39, 0.29) is 11.9 Å². The summed E-state index contributed by atoms with van der Waals surface area (Å²) in [5.74, 6) is 2.12. The molecule has 0 saturated carbocycles. The van der Waals surface area contributed by atoms with Gasteiger partial charge in [0.15, 0.2) is 0 Å². The van der Waals surface area contributed by atoms with E-state index >= 15 is 0 Å². The third-order valence-corrected chi connectivity index (χ3v) is 6.21. The Hall–Kier alpha value is -0.260. The van der Waals surface area contributed by atoms with Crippen LogP contribution in [0.5, 0.6) is 0 Å². The SMILES string of the molecule is CNC(c1ccncc1F)C1SCCSC1C. The molecule has 0 spiro atoms. The average molecular weight is 272 g/mol. The monoisotopic (exact) mass is 272 g/mol. The Morgan fingerprint density at radius 3 is 2.88 bits per heavy atom. The van der Waals surface area contributed by atoms with Gasteiger partial charge in [-0.25, -0.2) is 4.39 Å². The fourth-order valence-corrected chi connectivity index (χ4v) is 5.13. The lowest BCUT2D eigenvalue weighted by molar-refractivity contribution is 0.514. The Kier molecular flexibility index (Phi) is 4.70. The van der Waals surface area contributed by atoms with Gasteiger partial charge >= 0.3 is 0 Å². The first-order valence-electron chi connectivity index (χ1n) is 5.74. The molecule has 1 aliphatic rings. The fourth-order valence-electron chi connectivity index (χ4n) is 2.15. The van der Waals surface area contributed by atoms with Crippen molar-refractivity contribution in [2.24, 2.45) is 0 Å². The summed E-state index contributed by atoms with van der Waals surface area (Å²) in [6.07, 6.45) is 2.96. The number of halogens is 1. The highest BCUT2D eigenvalue weighted by atomic mass is 32.2. The van der Waals surface area contributed by atoms with Gasteiger partial charge in [-0.1, -0.05) is 6.92 Å². The largest absolute Gasteiger partial charge is 0.312 e. The average Bonchev–Trinajstić information content (AvgIpc) is 2.34. The van der Waals surface area contributed by atoms with Gasteiger partial charge in [-0.2, -0.15) is 23.5 Å². The van der Waals surface area contributed by atoms with Crippen LogP contribution in [-0.2, 0) is 0 Å². The molecule has 5 heteroatoms. The molecule has 3 atom stereocenters. The lowest BCUT2D eigenvalue weighted by Gasteiger charge is -2.34. The van der Waals surface area contributed by atoms with Crippen molar-refractivity contribution in [2.45, 2.75) is 23.5 Å². The molecule has 2 heterocycles. The minimum atomic E-state index is -0.213. The molecule has 1 saturated heterocycles. The standard InChI is InChI=1S/C12H17FN2S2/c1-8-12(17-6-5-16-8)11(14-2)9-3-4-15-7-10(9)13/h3-4,7-8,11-12,14H,5-6H2,1-2H3. The zero-order chi connectivity index (χ0) is 12.3. The Morgan fingerprint density at radius 1 is 1.47 bits per heavy atom. The second kappa shape index (κ2) is 6.07. The van der Waals surface area contributed by atoms with E-state index in [1.807, 2.05) is 30.6 Å². The molecular weight excluding hydrogens is 255 g/mol. The number of nitrogens with one attached hydrogen (secondary N) is 1. The lowest BCUT2D eigenvalue weighted by Crippen LogP contribution is -2.36. The Labute approximate surface area is 110 Å². The van der Waals surface area contributed by atoms with Crippen molar-refractivity contribution in [3.05, 3.63) is 29.8 Å². The van der Waals surface area contributed by atoms with Crippen LogP contribution in [0.4, 0.5) is 4.39 Å². The van der Waals surface area contributed by atoms with Gasteiger partial charge in [0.1, 0.15) is 5.82 Å². The molecule has 94 valence electrons. The molecule has 2 nitrogen and oxygen atoms in total. The summed E-state index contributed by atoms with van der Waals surface area (Å²) in [6, 6.07) is 1.84. The number of thioether (sulfide) groups is 2. The molecule has 1 N–H and O–H groups in total. The van der Waals surface area contributed by atoms with Gasteiger partial charge in [0.25, 0.3) is 0 Å². The van der Waals surface area contributed by atoms with Crippen molar-refractivity contribution in [3.8, 4) is 0 Å². The van der Waals surface area contributed by atoms with Crippen molar-refractivity contribution >= 4 is 23.5 Å². The van der Waals surface area contributed by atoms with E-state index < -0.39 is 0 Å². The molecule has 0 bridgehead atoms. The normalized spacial score (nSPS) is 26.8. The molecule has 1 fully saturated rings. The molecular formula is C12H17FN2S2. The maximum absolute atomic E-state index is 13.8. The van der Waals surface area contributed by atoms with Crippen molar-refractivity contribution in [1.82, 2.24) is 10.3 Å². The molecule has 0 radical (unpaired) electrons. The Balaban J connectivity index is 2.23. The Morgan fingerprint density at radius 2 is 2.24 bits per heavy atom. The zero-order valence-corrected chi connectivity index (χ0v) is 11.7. The van der Waals surface area contributed by atoms with Gasteiger partial charge in [-0.05, 0) is 13.1 Å². The van der Waals surface area contributed by atoms with Crippen molar-refractivity contribution < 1.29 is 4.39 Å². The van der Waals surface area contributed by atoms with E-state index in [9.17, 15) is 4.39 Å². The van der Waals surface area contributed by atoms with E-state index in [1.54, 1.807) is 12.3 Å². The third kappa shape index (κ3) is 2.95. The minimum absolute atomic E-state index is 0.0609. The van der Waals surface area contributed by atoms with Crippen LogP contribution < -0.4 is 5.32 Å². The third-order valence-electron chi connectivity index (χ3n) is 3.02. The van der Waals surface area contributed by atoms with Gasteiger partial charge in [0, 0.05) is 39.8 Å². The second-order valence-corrected chi connectivity index (χ2v) is 6.85. The van der Waals surface area contributed by atoms with E-state index in [0.29, 0.717) is 10.5 Å². The lowest BCUT2D eigenvalue weighted by atomic mass is 10.0. The van der Waals surface area contributed by atoms with Crippen LogP contribution >= 0.6 is 23.5 Å². The van der Waals surface area contributed by atoms with Crippen LogP contribution in [-0.4, -0.2) is 34.0 Å². The van der Waals surface area contributed by atoms with Crippen molar-refractivity contribution in [2.75, 3.05) is 18.6 Å². The number of pyridine rings is 1. The summed E-state index contributed by atoms with van der Waals surface area (Å²) in [7, 11) is 1.90. The quantitative estimate of drug-likeness (QED) is 0.914. The highest BCUT2D eigenvalue weighted by Crippen LogP contribution is 2.38. The molecule has 3 unspecified atom stereocenters. The first-order chi connectivity index (χ1) is 8.24. The molecule has 0 aromatic carbocycles. The molecule has 2 rings (SSSR count). The van der Waals surface area contributed by atoms with Gasteiger partial charge in [0.05, 0.1) is 6.20 Å². The van der Waals surface area contributed by atoms with E-state index in [2.05, 4.69) is 17.2 Å². The first-order valence-corrected chi connectivity index (χ1v) is 7.83. The number of rotatable bonds is 3. The van der Waals surface area contributed by atoms with E-state index in [0.717, 1.165) is 11.3 Å². The first kappa shape index (κ1) is 13.2. The van der Waals surface area contributed by atoms with Crippen LogP contribution in [0.25, 0.3) is 0 Å². The number of hydrogen-bond acceptors (Lipinski definition) is 4. The van der Waals surface area contributed by atoms with E-state index in [4.69, 9.17) is 0 Å². The topological polar surface area (TPSA) is 24.9 Å². The summed E-state index contributed by atoms with van der Waals surface area (Å²) in [6.45, 7) is 2.23. The maximum Gasteiger partial charge on any atom is 0.146 e. The van der Waals surface area contributed by atoms with Gasteiger partial charge in [0.2, 0.25) is 0 Å². The summed E-state index contributed by atoms with van der Waals surface area (Å²) < 4.78 is 13.8. The van der Waals surface area contributed by atoms with Crippen molar-refractivity contribution in [3.63, 3.8) is 0 Å². The summed E-state index contributed by atoms with van der Waals surface area (Å²) >= 11 is 3.91. The maximum atomic E-state index is 13.8. The van der Waals surface area contributed by atoms with Crippen LogP contribution in [0.2, 0.25) is 0 Å². The predicted molar refractivity (Wildman–Crippen MR) is 74.2 cm³/mol. The molecule has 1 aromatic rings. The van der Waals surface area contributed by atoms with E-state index in [1.165, 1.54) is 11.9 Å². The van der Waals surface area contributed by atoms with Crippen LogP contribution in [0.1, 0.15) is 18.5 Å². The van der Waals surface area contributed by atoms with Gasteiger partial charge in [-0.15, -0.1) is 0 Å². The minimum Gasteiger partial charge on any atom is -0.312 e. The summed E-state index contributed by atoms with van der Waals surface area (Å²) in [5.41, 5.74) is 0.731. The molecule has 17 heavy (non-hydrogen) atoms. The van der Waals surface area contributed by atoms with Crippen LogP contribution in [0.3, 0.4) is 0 Å². The zero-order valence-electron chi connectivity index (χ0n) is 10.0. The number of aromatic nitrogens is 1. The van der Waals surface area contributed by atoms with Crippen molar-refractivity contribution in [1.29, 1.82) is 0 Å². The van der Waals surface area contributed by atoms with Crippen LogP contribution in [0, 0.1) is 5.82 Å². The smallest absolute Gasteiger partial charge is 0.146 e. The Bertz CT molecular complexity index is 375. The van der Waals surface area contributed by atoms with Crippen LogP contribution in [0.15, 0.2) is 18.5 Å². The van der Waals surface area contributed by atoms with Gasteiger partial charge < -0.3 is 5.32 Å². The highest BCUT2D eigenvalue weighted by molar-refractivity contribution is 8.07. The number of hydrogen-bond donors (Lipinski definition) is 1. The van der Waals surface area contributed by atoms with Gasteiger partial charge in [-0.3, -0.25) is 4.98 Å². The highest BCUT2D eigenvalue weighted by Gasteiger charge is 2.31. The summed E-state index contributed by atoms with van der Waals surface area (Å²) in [5, 5.41) is 4.21. The molecule has 1 aliphatic heterocycles. The molecule has 0 amide bonds. The predicted octanol–water partition coefficient (Wildman–Crippen LogP) is 2.72.